The van der Waals surface area contributed by atoms with Crippen LogP contribution in [0.25, 0.3) is 11.3 Å². The fourth-order valence-corrected chi connectivity index (χ4v) is 4.33. The Kier molecular flexibility index (Phi) is 5.58. The van der Waals surface area contributed by atoms with Gasteiger partial charge < -0.3 is 4.98 Å². The van der Waals surface area contributed by atoms with Crippen LogP contribution in [-0.2, 0) is 10.0 Å². The van der Waals surface area contributed by atoms with Crippen molar-refractivity contribution in [2.24, 2.45) is 0 Å². The van der Waals surface area contributed by atoms with Crippen molar-refractivity contribution in [2.75, 3.05) is 16.3 Å². The van der Waals surface area contributed by atoms with Gasteiger partial charge in [0, 0.05) is 27.9 Å². The van der Waals surface area contributed by atoms with E-state index in [1.54, 1.807) is 43.5 Å². The Bertz CT molecular complexity index is 1190. The molecule has 0 aliphatic carbocycles. The Morgan fingerprint density at radius 3 is 2.34 bits per heavy atom. The zero-order valence-electron chi connectivity index (χ0n) is 16.3. The molecule has 3 rings (SSSR count). The lowest BCUT2D eigenvalue weighted by molar-refractivity contribution is 0.101. The maximum atomic E-state index is 12.6. The fourth-order valence-electron chi connectivity index (χ4n) is 3.05. The highest BCUT2D eigenvalue weighted by molar-refractivity contribution is 7.92. The Labute approximate surface area is 172 Å². The Hall–Kier alpha value is -2.98. The first-order chi connectivity index (χ1) is 13.5. The van der Waals surface area contributed by atoms with Crippen LogP contribution in [-0.4, -0.2) is 36.3 Å². The molecule has 8 nitrogen and oxygen atoms in total. The molecule has 0 atom stereocenters. The minimum atomic E-state index is -3.34. The lowest BCUT2D eigenvalue weighted by Crippen LogP contribution is -2.13. The molecule has 0 aliphatic heterocycles. The minimum absolute atomic E-state index is 0.0966. The van der Waals surface area contributed by atoms with Crippen LogP contribution in [0.15, 0.2) is 29.6 Å². The number of rotatable bonds is 6. The van der Waals surface area contributed by atoms with Crippen LogP contribution in [0.2, 0.25) is 0 Å². The number of amides is 1. The predicted molar refractivity (Wildman–Crippen MR) is 114 cm³/mol. The van der Waals surface area contributed by atoms with Crippen LogP contribution in [0.4, 0.5) is 10.8 Å². The summed E-state index contributed by atoms with van der Waals surface area (Å²) >= 11 is 1.27. The number of hydrogen-bond acceptors (Lipinski definition) is 6. The highest BCUT2D eigenvalue weighted by Gasteiger charge is 2.20. The van der Waals surface area contributed by atoms with Gasteiger partial charge in [-0.2, -0.15) is 0 Å². The smallest absolute Gasteiger partial charge is 0.274 e. The maximum absolute atomic E-state index is 12.6. The largest absolute Gasteiger partial charge is 0.354 e. The molecule has 0 saturated heterocycles. The SMILES string of the molecule is CC(=O)c1c(C)[nH]c(C(=O)Nc2nc(-c3ccc(NS(C)(=O)=O)cc3)cs2)c1C. The fraction of sp³-hybridized carbons (Fsp3) is 0.211. The summed E-state index contributed by atoms with van der Waals surface area (Å²) in [6.45, 7) is 4.95. The first-order valence-electron chi connectivity index (χ1n) is 8.60. The minimum Gasteiger partial charge on any atom is -0.354 e. The summed E-state index contributed by atoms with van der Waals surface area (Å²) < 4.78 is 25.0. The van der Waals surface area contributed by atoms with Gasteiger partial charge in [-0.1, -0.05) is 12.1 Å². The molecule has 29 heavy (non-hydrogen) atoms. The van der Waals surface area contributed by atoms with E-state index in [1.165, 1.54) is 18.3 Å². The number of thiazole rings is 1. The summed E-state index contributed by atoms with van der Waals surface area (Å²) in [6, 6.07) is 6.77. The van der Waals surface area contributed by atoms with Crippen LogP contribution < -0.4 is 10.0 Å². The molecule has 0 spiro atoms. The van der Waals surface area contributed by atoms with E-state index in [1.807, 2.05) is 0 Å². The first-order valence-corrected chi connectivity index (χ1v) is 11.4. The predicted octanol–water partition coefficient (Wildman–Crippen LogP) is 3.58. The van der Waals surface area contributed by atoms with Crippen molar-refractivity contribution in [3.8, 4) is 11.3 Å². The zero-order chi connectivity index (χ0) is 21.3. The number of aryl methyl sites for hydroxylation is 1. The van der Waals surface area contributed by atoms with E-state index < -0.39 is 10.0 Å². The van der Waals surface area contributed by atoms with E-state index in [2.05, 4.69) is 20.0 Å². The van der Waals surface area contributed by atoms with Gasteiger partial charge >= 0.3 is 0 Å². The molecule has 1 amide bonds. The van der Waals surface area contributed by atoms with E-state index in [-0.39, 0.29) is 11.7 Å². The van der Waals surface area contributed by atoms with E-state index in [9.17, 15) is 18.0 Å². The molecule has 1 aromatic carbocycles. The summed E-state index contributed by atoms with van der Waals surface area (Å²) in [5, 5.41) is 4.96. The molecule has 0 unspecified atom stereocenters. The van der Waals surface area contributed by atoms with Crippen molar-refractivity contribution >= 4 is 43.9 Å². The molecule has 10 heteroatoms. The van der Waals surface area contributed by atoms with Crippen molar-refractivity contribution < 1.29 is 18.0 Å². The monoisotopic (exact) mass is 432 g/mol. The number of H-pyrrole nitrogens is 1. The summed E-state index contributed by atoms with van der Waals surface area (Å²) in [5.74, 6) is -0.465. The van der Waals surface area contributed by atoms with Crippen LogP contribution in [0.1, 0.15) is 39.0 Å². The highest BCUT2D eigenvalue weighted by atomic mass is 32.2. The number of Topliss-reactive ketones (excluding diaryl/α,β-unsaturated/α-hetero) is 1. The zero-order valence-corrected chi connectivity index (χ0v) is 17.9. The van der Waals surface area contributed by atoms with Crippen molar-refractivity contribution in [1.82, 2.24) is 9.97 Å². The number of aromatic amines is 1. The molecule has 2 aromatic heterocycles. The molecule has 3 aromatic rings. The molecule has 0 saturated carbocycles. The topological polar surface area (TPSA) is 121 Å². The van der Waals surface area contributed by atoms with Crippen LogP contribution >= 0.6 is 11.3 Å². The van der Waals surface area contributed by atoms with Crippen molar-refractivity contribution in [2.45, 2.75) is 20.8 Å². The third-order valence-corrected chi connectivity index (χ3v) is 5.59. The molecule has 0 radical (unpaired) electrons. The molecule has 0 bridgehead atoms. The quantitative estimate of drug-likeness (QED) is 0.514. The third-order valence-electron chi connectivity index (χ3n) is 4.23. The molecule has 0 fully saturated rings. The maximum Gasteiger partial charge on any atom is 0.274 e. The van der Waals surface area contributed by atoms with E-state index in [0.717, 1.165) is 11.8 Å². The summed E-state index contributed by atoms with van der Waals surface area (Å²) in [5.41, 5.74) is 4.02. The second kappa shape index (κ2) is 7.80. The van der Waals surface area contributed by atoms with E-state index >= 15 is 0 Å². The van der Waals surface area contributed by atoms with Gasteiger partial charge in [0.2, 0.25) is 10.0 Å². The molecule has 3 N–H and O–H groups in total. The van der Waals surface area contributed by atoms with Gasteiger partial charge in [0.25, 0.3) is 5.91 Å². The number of nitrogens with one attached hydrogen (secondary N) is 3. The van der Waals surface area contributed by atoms with Crippen LogP contribution in [0.3, 0.4) is 0 Å². The number of ketones is 1. The highest BCUT2D eigenvalue weighted by Crippen LogP contribution is 2.27. The van der Waals surface area contributed by atoms with Gasteiger partial charge in [0.05, 0.1) is 11.9 Å². The van der Waals surface area contributed by atoms with Crippen LogP contribution in [0.5, 0.6) is 0 Å². The van der Waals surface area contributed by atoms with Gasteiger partial charge in [0.15, 0.2) is 10.9 Å². The Morgan fingerprint density at radius 2 is 1.79 bits per heavy atom. The number of aromatic nitrogens is 2. The number of carbonyl (C=O) groups is 2. The lowest BCUT2D eigenvalue weighted by atomic mass is 10.1. The second-order valence-electron chi connectivity index (χ2n) is 6.62. The van der Waals surface area contributed by atoms with Gasteiger partial charge in [-0.25, -0.2) is 13.4 Å². The summed E-state index contributed by atoms with van der Waals surface area (Å²) in [4.78, 5) is 31.7. The van der Waals surface area contributed by atoms with Crippen molar-refractivity contribution in [3.05, 3.63) is 52.2 Å². The van der Waals surface area contributed by atoms with E-state index in [0.29, 0.717) is 39.0 Å². The number of nitrogens with zero attached hydrogens (tertiary/aromatic N) is 1. The number of benzene rings is 1. The normalized spacial score (nSPS) is 11.3. The average molecular weight is 433 g/mol. The molecule has 2 heterocycles. The second-order valence-corrected chi connectivity index (χ2v) is 9.23. The van der Waals surface area contributed by atoms with Crippen molar-refractivity contribution in [1.29, 1.82) is 0 Å². The number of sulfonamides is 1. The van der Waals surface area contributed by atoms with E-state index in [4.69, 9.17) is 0 Å². The van der Waals surface area contributed by atoms with Gasteiger partial charge in [0.1, 0.15) is 5.69 Å². The van der Waals surface area contributed by atoms with Gasteiger partial charge in [-0.3, -0.25) is 19.6 Å². The third kappa shape index (κ3) is 4.72. The Morgan fingerprint density at radius 1 is 1.14 bits per heavy atom. The van der Waals surface area contributed by atoms with Gasteiger partial charge in [-0.05, 0) is 38.5 Å². The summed E-state index contributed by atoms with van der Waals surface area (Å²) in [7, 11) is -3.34. The van der Waals surface area contributed by atoms with Crippen LogP contribution in [0, 0.1) is 13.8 Å². The first kappa shape index (κ1) is 20.7. The Balaban J connectivity index is 1.76. The van der Waals surface area contributed by atoms with Crippen molar-refractivity contribution in [3.63, 3.8) is 0 Å². The molecular weight excluding hydrogens is 412 g/mol. The average Bonchev–Trinajstić information content (AvgIpc) is 3.18. The lowest BCUT2D eigenvalue weighted by Gasteiger charge is -2.04. The summed E-state index contributed by atoms with van der Waals surface area (Å²) in [6.07, 6.45) is 1.09. The standard InChI is InChI=1S/C19H20N4O4S2/c1-10-16(12(3)24)11(2)20-17(10)18(25)22-19-21-15(9-28-19)13-5-7-14(8-6-13)23-29(4,26)27/h5-9,20,23H,1-4H3,(H,21,22,25). The molecule has 0 aliphatic rings. The number of carbonyl (C=O) groups excluding carboxylic acids is 2. The molecular formula is C19H20N4O4S2. The number of hydrogen-bond donors (Lipinski definition) is 3. The molecule has 152 valence electrons. The van der Waals surface area contributed by atoms with Gasteiger partial charge in [-0.15, -0.1) is 11.3 Å². The number of anilines is 2.